The molecule has 1 rings (SSSR count). The van der Waals surface area contributed by atoms with E-state index in [0.29, 0.717) is 5.69 Å². The molecule has 0 aromatic carbocycles. The van der Waals surface area contributed by atoms with Crippen LogP contribution in [0.2, 0.25) is 0 Å². The zero-order valence-electron chi connectivity index (χ0n) is 9.69. The van der Waals surface area contributed by atoms with Gasteiger partial charge in [-0.2, -0.15) is 4.98 Å². The van der Waals surface area contributed by atoms with Crippen molar-refractivity contribution in [2.45, 2.75) is 10.7 Å². The van der Waals surface area contributed by atoms with E-state index in [4.69, 9.17) is 60.2 Å². The molecule has 0 saturated carbocycles. The zero-order valence-corrected chi connectivity index (χ0v) is 13.7. The van der Waals surface area contributed by atoms with Crippen molar-refractivity contribution in [2.24, 2.45) is 0 Å². The van der Waals surface area contributed by atoms with Crippen molar-refractivity contribution in [2.75, 3.05) is 14.2 Å². The first-order valence-corrected chi connectivity index (χ1v) is 8.23. The maximum atomic E-state index is 5.71. The number of nitrogens with zero attached hydrogens (tertiary/aromatic N) is 2. The first-order valence-electron chi connectivity index (χ1n) is 4.54. The smallest absolute Gasteiger partial charge is 0.381 e. The van der Waals surface area contributed by atoms with Gasteiger partial charge < -0.3 is 13.6 Å². The average molecular weight is 352 g/mol. The molecule has 0 aliphatic carbocycles. The summed E-state index contributed by atoms with van der Waals surface area (Å²) in [6.45, 7) is -1.18. The van der Waals surface area contributed by atoms with Gasteiger partial charge in [0, 0.05) is 37.8 Å². The molecule has 10 heteroatoms. The third kappa shape index (κ3) is 4.46. The van der Waals surface area contributed by atoms with Crippen molar-refractivity contribution in [3.05, 3.63) is 17.6 Å². The van der Waals surface area contributed by atoms with Crippen LogP contribution in [0.4, 0.5) is 0 Å². The maximum Gasteiger partial charge on any atom is 0.381 e. The number of hydrogen-bond acceptors (Lipinski definition) is 6. The first kappa shape index (κ1) is 16.4. The molecule has 0 saturated heterocycles. The topological polar surface area (TPSA) is 53.5 Å². The van der Waals surface area contributed by atoms with E-state index >= 15 is 0 Å². The van der Waals surface area contributed by atoms with Crippen molar-refractivity contribution in [1.29, 1.82) is 0 Å². The number of aromatic nitrogens is 2. The van der Waals surface area contributed by atoms with Crippen LogP contribution in [0.25, 0.3) is 0 Å². The van der Waals surface area contributed by atoms with E-state index in [1.54, 1.807) is 13.0 Å². The van der Waals surface area contributed by atoms with Crippen molar-refractivity contribution < 1.29 is 13.6 Å². The molecule has 18 heavy (non-hydrogen) atoms. The van der Waals surface area contributed by atoms with Gasteiger partial charge in [0.1, 0.15) is 0 Å². The summed E-state index contributed by atoms with van der Waals surface area (Å²) in [5.41, 5.74) is 0.565. The molecule has 0 aliphatic heterocycles. The van der Waals surface area contributed by atoms with E-state index in [1.807, 2.05) is 0 Å². The van der Waals surface area contributed by atoms with Crippen LogP contribution in [0.3, 0.4) is 0 Å². The lowest BCUT2D eigenvalue weighted by Gasteiger charge is -2.18. The molecule has 0 radical (unpaired) electrons. The van der Waals surface area contributed by atoms with Crippen LogP contribution in [0.5, 0.6) is 5.88 Å². The van der Waals surface area contributed by atoms with Gasteiger partial charge in [0.2, 0.25) is 9.67 Å². The Labute approximate surface area is 125 Å². The molecule has 5 nitrogen and oxygen atoms in total. The van der Waals surface area contributed by atoms with E-state index in [-0.39, 0.29) is 11.7 Å². The van der Waals surface area contributed by atoms with Crippen LogP contribution in [-0.2, 0) is 24.6 Å². The highest BCUT2D eigenvalue weighted by atomic mass is 35.6. The molecular weight excluding hydrogens is 341 g/mol. The summed E-state index contributed by atoms with van der Waals surface area (Å²) in [6, 6.07) is 1.54. The van der Waals surface area contributed by atoms with Crippen LogP contribution >= 0.6 is 41.5 Å². The van der Waals surface area contributed by atoms with E-state index in [1.165, 1.54) is 14.2 Å². The van der Waals surface area contributed by atoms with Gasteiger partial charge in [-0.05, 0) is 6.92 Å². The Morgan fingerprint density at radius 3 is 2.22 bits per heavy atom. The molecule has 0 aliphatic rings. The normalized spacial score (nSPS) is 12.6. The predicted octanol–water partition coefficient (Wildman–Crippen LogP) is 3.51. The largest absolute Gasteiger partial charge is 0.406 e. The second-order valence-electron chi connectivity index (χ2n) is 3.07. The summed E-state index contributed by atoms with van der Waals surface area (Å²) < 4.78 is 13.6. The van der Waals surface area contributed by atoms with Crippen LogP contribution < -0.4 is 4.52 Å². The minimum Gasteiger partial charge on any atom is -0.406 e. The second kappa shape index (κ2) is 6.18. The highest BCUT2D eigenvalue weighted by molar-refractivity contribution is 8.07. The molecule has 0 N–H and O–H groups in total. The number of halogens is 3. The molecule has 0 bridgehead atoms. The minimum absolute atomic E-state index is 0.00347. The number of hydrogen-bond donors (Lipinski definition) is 0. The molecular formula is C8H10Cl3N2O3PS. The molecule has 102 valence electrons. The van der Waals surface area contributed by atoms with Gasteiger partial charge in [-0.1, -0.05) is 34.8 Å². The van der Waals surface area contributed by atoms with E-state index in [9.17, 15) is 0 Å². The molecule has 1 aromatic rings. The van der Waals surface area contributed by atoms with Gasteiger partial charge in [-0.3, -0.25) is 0 Å². The quantitative estimate of drug-likeness (QED) is 0.611. The van der Waals surface area contributed by atoms with E-state index in [2.05, 4.69) is 9.97 Å². The summed E-state index contributed by atoms with van der Waals surface area (Å²) in [6.07, 6.45) is 0. The third-order valence-electron chi connectivity index (χ3n) is 1.74. The molecule has 1 heterocycles. The fourth-order valence-electron chi connectivity index (χ4n) is 0.977. The van der Waals surface area contributed by atoms with Crippen molar-refractivity contribution in [3.8, 4) is 5.88 Å². The van der Waals surface area contributed by atoms with Gasteiger partial charge in [0.05, 0.1) is 0 Å². The molecule has 1 aromatic heterocycles. The number of aryl methyl sites for hydroxylation is 1. The van der Waals surface area contributed by atoms with Crippen molar-refractivity contribution in [1.82, 2.24) is 9.97 Å². The fraction of sp³-hybridized carbons (Fsp3) is 0.500. The highest BCUT2D eigenvalue weighted by Crippen LogP contribution is 2.48. The summed E-state index contributed by atoms with van der Waals surface area (Å²) in [5.74, 6) is 0.132. The lowest BCUT2D eigenvalue weighted by Crippen LogP contribution is -2.10. The second-order valence-corrected chi connectivity index (χ2v) is 8.50. The van der Waals surface area contributed by atoms with Crippen LogP contribution in [0.1, 0.15) is 11.5 Å². The van der Waals surface area contributed by atoms with Gasteiger partial charge >= 0.3 is 6.72 Å². The van der Waals surface area contributed by atoms with Crippen molar-refractivity contribution >= 4 is 53.3 Å². The summed E-state index contributed by atoms with van der Waals surface area (Å²) >= 11 is 22.2. The average Bonchev–Trinajstić information content (AvgIpc) is 2.27. The summed E-state index contributed by atoms with van der Waals surface area (Å²) in [5, 5.41) is 0. The zero-order chi connectivity index (χ0) is 14.0. The first-order chi connectivity index (χ1) is 8.20. The molecule has 0 amide bonds. The number of alkyl halides is 3. The standard InChI is InChI=1S/C8H10Cl3N2O3PS/c1-5-4-6(16-17(18,14-2)15-3)13-7(12-5)8(9,10)11/h4H,1-3H3. The van der Waals surface area contributed by atoms with Gasteiger partial charge in [-0.15, -0.1) is 0 Å². The Morgan fingerprint density at radius 2 is 1.78 bits per heavy atom. The Balaban J connectivity index is 3.12. The Kier molecular flexibility index (Phi) is 5.62. The lowest BCUT2D eigenvalue weighted by molar-refractivity contribution is 0.270. The van der Waals surface area contributed by atoms with Crippen LogP contribution in [-0.4, -0.2) is 24.2 Å². The van der Waals surface area contributed by atoms with E-state index < -0.39 is 10.5 Å². The van der Waals surface area contributed by atoms with Crippen LogP contribution in [0, 0.1) is 6.92 Å². The molecule has 0 atom stereocenters. The van der Waals surface area contributed by atoms with Gasteiger partial charge in [-0.25, -0.2) is 4.98 Å². The highest BCUT2D eigenvalue weighted by Gasteiger charge is 2.29. The van der Waals surface area contributed by atoms with Gasteiger partial charge in [0.15, 0.2) is 5.82 Å². The Morgan fingerprint density at radius 1 is 1.22 bits per heavy atom. The molecule has 0 unspecified atom stereocenters. The summed E-state index contributed by atoms with van der Waals surface area (Å²) in [4.78, 5) is 7.95. The van der Waals surface area contributed by atoms with E-state index in [0.717, 1.165) is 0 Å². The van der Waals surface area contributed by atoms with Gasteiger partial charge in [0.25, 0.3) is 0 Å². The fourth-order valence-corrected chi connectivity index (χ4v) is 2.08. The SMILES string of the molecule is COP(=S)(OC)Oc1cc(C)nc(C(Cl)(Cl)Cl)n1. The minimum atomic E-state index is -2.88. The van der Waals surface area contributed by atoms with Crippen molar-refractivity contribution in [3.63, 3.8) is 0 Å². The Bertz CT molecular complexity index is 475. The lowest BCUT2D eigenvalue weighted by atomic mass is 10.4. The maximum absolute atomic E-state index is 5.71. The van der Waals surface area contributed by atoms with Crippen LogP contribution in [0.15, 0.2) is 6.07 Å². The molecule has 0 fully saturated rings. The predicted molar refractivity (Wildman–Crippen MR) is 74.9 cm³/mol. The Hall–Kier alpha value is 0.320. The monoisotopic (exact) mass is 350 g/mol. The molecule has 0 spiro atoms. The number of rotatable bonds is 4. The third-order valence-corrected chi connectivity index (χ3v) is 4.67. The summed E-state index contributed by atoms with van der Waals surface area (Å²) in [7, 11) is 2.77.